The molecule has 1 heterocycles. The molecule has 1 aromatic carbocycles. The largest absolute Gasteiger partial charge is 0.456 e. The lowest BCUT2D eigenvalue weighted by molar-refractivity contribution is -0.148. The summed E-state index contributed by atoms with van der Waals surface area (Å²) in [6.45, 7) is 2.77. The van der Waals surface area contributed by atoms with Crippen LogP contribution in [-0.2, 0) is 19.1 Å². The van der Waals surface area contributed by atoms with Gasteiger partial charge in [-0.05, 0) is 19.8 Å². The monoisotopic (exact) mass is 333 g/mol. The summed E-state index contributed by atoms with van der Waals surface area (Å²) in [5, 5.41) is 2.67. The van der Waals surface area contributed by atoms with E-state index < -0.39 is 5.97 Å². The number of Topliss-reactive ketones (excluding diaryl/α,β-unsaturated/α-hetero) is 1. The second kappa shape index (κ2) is 9.17. The topological polar surface area (TPSA) is 81.7 Å². The highest BCUT2D eigenvalue weighted by Gasteiger charge is 2.17. The third kappa shape index (κ3) is 6.12. The van der Waals surface area contributed by atoms with E-state index in [0.29, 0.717) is 12.1 Å². The van der Waals surface area contributed by atoms with Crippen LogP contribution in [-0.4, -0.2) is 43.5 Å². The van der Waals surface area contributed by atoms with Gasteiger partial charge in [0.25, 0.3) is 5.91 Å². The van der Waals surface area contributed by atoms with Crippen LogP contribution in [0.15, 0.2) is 24.3 Å². The van der Waals surface area contributed by atoms with E-state index in [2.05, 4.69) is 5.32 Å². The number of benzene rings is 1. The van der Waals surface area contributed by atoms with Gasteiger partial charge in [-0.1, -0.05) is 29.8 Å². The summed E-state index contributed by atoms with van der Waals surface area (Å²) in [6, 6.07) is 7.18. The lowest BCUT2D eigenvalue weighted by atomic mass is 10.1. The van der Waals surface area contributed by atoms with Gasteiger partial charge in [-0.3, -0.25) is 14.4 Å². The van der Waals surface area contributed by atoms with Crippen LogP contribution < -0.4 is 5.32 Å². The van der Waals surface area contributed by atoms with Crippen LogP contribution in [0.5, 0.6) is 0 Å². The maximum Gasteiger partial charge on any atom is 0.306 e. The molecule has 0 saturated carbocycles. The van der Waals surface area contributed by atoms with E-state index in [1.54, 1.807) is 12.1 Å². The van der Waals surface area contributed by atoms with Gasteiger partial charge < -0.3 is 14.8 Å². The first-order valence-electron chi connectivity index (χ1n) is 8.18. The maximum absolute atomic E-state index is 11.9. The zero-order valence-corrected chi connectivity index (χ0v) is 13.9. The molecule has 0 unspecified atom stereocenters. The van der Waals surface area contributed by atoms with Crippen molar-refractivity contribution in [2.24, 2.45) is 0 Å². The number of esters is 1. The number of carbonyl (C=O) groups is 3. The normalized spacial score (nSPS) is 16.6. The quantitative estimate of drug-likeness (QED) is 0.579. The number of hydrogen-bond acceptors (Lipinski definition) is 5. The van der Waals surface area contributed by atoms with Gasteiger partial charge in [-0.2, -0.15) is 0 Å². The van der Waals surface area contributed by atoms with Crippen LogP contribution in [0.2, 0.25) is 0 Å². The van der Waals surface area contributed by atoms with Gasteiger partial charge in [0.2, 0.25) is 0 Å². The molecule has 0 aromatic heterocycles. The zero-order valence-electron chi connectivity index (χ0n) is 13.9. The Kier molecular flexibility index (Phi) is 6.93. The van der Waals surface area contributed by atoms with Crippen LogP contribution >= 0.6 is 0 Å². The second-order valence-electron chi connectivity index (χ2n) is 5.89. The van der Waals surface area contributed by atoms with Crippen molar-refractivity contribution in [2.45, 2.75) is 38.7 Å². The molecule has 0 spiro atoms. The van der Waals surface area contributed by atoms with E-state index in [1.165, 1.54) is 0 Å². The highest BCUT2D eigenvalue weighted by Crippen LogP contribution is 2.10. The molecule has 130 valence electrons. The fourth-order valence-electron chi connectivity index (χ4n) is 2.40. The van der Waals surface area contributed by atoms with Crippen LogP contribution in [0, 0.1) is 6.92 Å². The summed E-state index contributed by atoms with van der Waals surface area (Å²) in [5.41, 5.74) is 1.64. The van der Waals surface area contributed by atoms with Gasteiger partial charge in [-0.15, -0.1) is 0 Å². The van der Waals surface area contributed by atoms with Gasteiger partial charge >= 0.3 is 5.97 Å². The van der Waals surface area contributed by atoms with Crippen LogP contribution in [0.4, 0.5) is 0 Å². The first-order chi connectivity index (χ1) is 11.5. The lowest BCUT2D eigenvalue weighted by Crippen LogP contribution is -2.34. The van der Waals surface area contributed by atoms with Gasteiger partial charge in [-0.25, -0.2) is 0 Å². The van der Waals surface area contributed by atoms with E-state index in [1.807, 2.05) is 19.1 Å². The molecule has 1 fully saturated rings. The van der Waals surface area contributed by atoms with Crippen molar-refractivity contribution in [2.75, 3.05) is 19.8 Å². The molecule has 2 rings (SSSR count). The summed E-state index contributed by atoms with van der Waals surface area (Å²) in [6.07, 6.45) is 2.02. The average Bonchev–Trinajstić information content (AvgIpc) is 3.10. The number of carbonyl (C=O) groups excluding carboxylic acids is 3. The summed E-state index contributed by atoms with van der Waals surface area (Å²) in [7, 11) is 0. The number of hydrogen-bond donors (Lipinski definition) is 1. The van der Waals surface area contributed by atoms with Gasteiger partial charge in [0, 0.05) is 25.1 Å². The van der Waals surface area contributed by atoms with Gasteiger partial charge in [0.1, 0.15) is 0 Å². The minimum atomic E-state index is -0.553. The number of nitrogens with one attached hydrogen (secondary N) is 1. The van der Waals surface area contributed by atoms with Gasteiger partial charge in [0.15, 0.2) is 12.4 Å². The number of ketones is 1. The van der Waals surface area contributed by atoms with Crippen molar-refractivity contribution in [1.29, 1.82) is 0 Å². The van der Waals surface area contributed by atoms with Crippen molar-refractivity contribution in [3.05, 3.63) is 35.4 Å². The molecule has 6 nitrogen and oxygen atoms in total. The van der Waals surface area contributed by atoms with Crippen LogP contribution in [0.3, 0.4) is 0 Å². The highest BCUT2D eigenvalue weighted by atomic mass is 16.5. The Morgan fingerprint density at radius 3 is 2.62 bits per heavy atom. The van der Waals surface area contributed by atoms with E-state index in [9.17, 15) is 14.4 Å². The molecular formula is C18H23NO5. The van der Waals surface area contributed by atoms with Crippen LogP contribution in [0.25, 0.3) is 0 Å². The second-order valence-corrected chi connectivity index (χ2v) is 5.89. The fraction of sp³-hybridized carbons (Fsp3) is 0.500. The van der Waals surface area contributed by atoms with Gasteiger partial charge in [0.05, 0.1) is 12.5 Å². The van der Waals surface area contributed by atoms with Crippen molar-refractivity contribution in [1.82, 2.24) is 5.32 Å². The maximum atomic E-state index is 11.9. The standard InChI is InChI=1S/C18H23NO5/c1-13-4-6-14(7-5-13)16(20)8-9-18(22)24-12-17(21)19-11-15-3-2-10-23-15/h4-7,15H,2-3,8-12H2,1H3,(H,19,21)/t15-/m0/s1. The van der Waals surface area contributed by atoms with Crippen molar-refractivity contribution >= 4 is 17.7 Å². The first kappa shape index (κ1) is 18.1. The smallest absolute Gasteiger partial charge is 0.306 e. The van der Waals surface area contributed by atoms with E-state index in [4.69, 9.17) is 9.47 Å². The van der Waals surface area contributed by atoms with Crippen molar-refractivity contribution in [3.8, 4) is 0 Å². The minimum absolute atomic E-state index is 0.0360. The summed E-state index contributed by atoms with van der Waals surface area (Å²) in [5.74, 6) is -1.03. The third-order valence-corrected chi connectivity index (χ3v) is 3.84. The molecule has 0 bridgehead atoms. The summed E-state index contributed by atoms with van der Waals surface area (Å²) >= 11 is 0. The van der Waals surface area contributed by atoms with Crippen molar-refractivity contribution in [3.63, 3.8) is 0 Å². The number of aryl methyl sites for hydroxylation is 1. The Labute approximate surface area is 141 Å². The molecule has 1 N–H and O–H groups in total. The molecule has 1 aliphatic rings. The predicted molar refractivity (Wildman–Crippen MR) is 87.7 cm³/mol. The number of amides is 1. The molecular weight excluding hydrogens is 310 g/mol. The van der Waals surface area contributed by atoms with Crippen molar-refractivity contribution < 1.29 is 23.9 Å². The fourth-order valence-corrected chi connectivity index (χ4v) is 2.40. The zero-order chi connectivity index (χ0) is 17.4. The summed E-state index contributed by atoms with van der Waals surface area (Å²) in [4.78, 5) is 35.2. The molecule has 1 amide bonds. The predicted octanol–water partition coefficient (Wildman–Crippen LogP) is 1.80. The SMILES string of the molecule is Cc1ccc(C(=O)CCC(=O)OCC(=O)NC[C@@H]2CCCO2)cc1. The molecule has 0 radical (unpaired) electrons. The lowest BCUT2D eigenvalue weighted by Gasteiger charge is -2.10. The Morgan fingerprint density at radius 1 is 1.21 bits per heavy atom. The molecule has 0 aliphatic carbocycles. The molecule has 24 heavy (non-hydrogen) atoms. The third-order valence-electron chi connectivity index (χ3n) is 3.84. The Morgan fingerprint density at radius 2 is 1.96 bits per heavy atom. The van der Waals surface area contributed by atoms with E-state index in [-0.39, 0.29) is 37.2 Å². The Balaban J connectivity index is 1.61. The van der Waals surface area contributed by atoms with E-state index in [0.717, 1.165) is 25.0 Å². The number of ether oxygens (including phenoxy) is 2. The first-order valence-corrected chi connectivity index (χ1v) is 8.18. The molecule has 1 aliphatic heterocycles. The Hall–Kier alpha value is -2.21. The molecule has 1 saturated heterocycles. The Bertz CT molecular complexity index is 576. The highest BCUT2D eigenvalue weighted by molar-refractivity contribution is 5.97. The minimum Gasteiger partial charge on any atom is -0.456 e. The molecule has 1 atom stereocenters. The average molecular weight is 333 g/mol. The summed E-state index contributed by atoms with van der Waals surface area (Å²) < 4.78 is 10.3. The molecule has 6 heteroatoms. The molecule has 1 aromatic rings. The van der Waals surface area contributed by atoms with Crippen LogP contribution in [0.1, 0.15) is 41.6 Å². The van der Waals surface area contributed by atoms with E-state index >= 15 is 0 Å². The number of rotatable bonds is 8.